The van der Waals surface area contributed by atoms with E-state index in [1.807, 2.05) is 0 Å². The number of carbonyl (C=O) groups excluding carboxylic acids is 1. The van der Waals surface area contributed by atoms with Crippen molar-refractivity contribution in [2.24, 2.45) is 0 Å². The Hall–Kier alpha value is -2.03. The SMILES string of the molecule is COC(=O)NC(=S)Nc1nc(OC)ncc1F. The summed E-state index contributed by atoms with van der Waals surface area (Å²) in [6.07, 6.45) is 0.137. The lowest BCUT2D eigenvalue weighted by Gasteiger charge is -2.08. The van der Waals surface area contributed by atoms with Crippen LogP contribution in [0.5, 0.6) is 6.01 Å². The number of ether oxygens (including phenoxy) is 2. The average molecular weight is 260 g/mol. The van der Waals surface area contributed by atoms with Crippen molar-refractivity contribution in [3.8, 4) is 6.01 Å². The van der Waals surface area contributed by atoms with E-state index in [4.69, 9.17) is 17.0 Å². The highest BCUT2D eigenvalue weighted by molar-refractivity contribution is 7.80. The van der Waals surface area contributed by atoms with Crippen molar-refractivity contribution in [2.75, 3.05) is 19.5 Å². The van der Waals surface area contributed by atoms with Crippen LogP contribution in [0.4, 0.5) is 15.0 Å². The third-order valence-corrected chi connectivity index (χ3v) is 1.74. The first-order valence-electron chi connectivity index (χ1n) is 4.29. The summed E-state index contributed by atoms with van der Waals surface area (Å²) in [6.45, 7) is 0. The van der Waals surface area contributed by atoms with E-state index in [2.05, 4.69) is 25.3 Å². The number of halogens is 1. The van der Waals surface area contributed by atoms with Gasteiger partial charge in [0, 0.05) is 0 Å². The van der Waals surface area contributed by atoms with E-state index in [-0.39, 0.29) is 16.9 Å². The number of hydrogen-bond acceptors (Lipinski definition) is 6. The molecule has 0 saturated heterocycles. The molecule has 0 unspecified atom stereocenters. The first kappa shape index (κ1) is 13.0. The number of amides is 1. The van der Waals surface area contributed by atoms with E-state index >= 15 is 0 Å². The Kier molecular flexibility index (Phi) is 4.52. The van der Waals surface area contributed by atoms with Gasteiger partial charge in [-0.05, 0) is 12.2 Å². The minimum atomic E-state index is -0.774. The van der Waals surface area contributed by atoms with E-state index in [0.29, 0.717) is 0 Å². The highest BCUT2D eigenvalue weighted by atomic mass is 32.1. The van der Waals surface area contributed by atoms with E-state index in [1.165, 1.54) is 14.2 Å². The topological polar surface area (TPSA) is 85.4 Å². The van der Waals surface area contributed by atoms with Gasteiger partial charge in [-0.1, -0.05) is 0 Å². The molecule has 1 heterocycles. The molecule has 17 heavy (non-hydrogen) atoms. The van der Waals surface area contributed by atoms with Gasteiger partial charge in [0.25, 0.3) is 0 Å². The highest BCUT2D eigenvalue weighted by Crippen LogP contribution is 2.12. The molecular weight excluding hydrogens is 251 g/mol. The van der Waals surface area contributed by atoms with Crippen LogP contribution in [-0.2, 0) is 4.74 Å². The van der Waals surface area contributed by atoms with Gasteiger partial charge < -0.3 is 14.8 Å². The van der Waals surface area contributed by atoms with Crippen molar-refractivity contribution in [3.05, 3.63) is 12.0 Å². The molecule has 0 aliphatic rings. The number of carbonyl (C=O) groups is 1. The van der Waals surface area contributed by atoms with Gasteiger partial charge >= 0.3 is 12.1 Å². The maximum absolute atomic E-state index is 13.2. The molecular formula is C8H9FN4O3S. The quantitative estimate of drug-likeness (QED) is 0.756. The van der Waals surface area contributed by atoms with Crippen LogP contribution >= 0.6 is 12.2 Å². The Labute approximate surface area is 101 Å². The van der Waals surface area contributed by atoms with Crippen LogP contribution in [0.3, 0.4) is 0 Å². The lowest BCUT2D eigenvalue weighted by molar-refractivity contribution is 0.177. The standard InChI is InChI=1S/C8H9FN4O3S/c1-15-6-10-3-4(9)5(11-6)12-7(17)13-8(14)16-2/h3H,1-2H3,(H2,10,11,12,13,14,17). The third kappa shape index (κ3) is 3.79. The zero-order valence-electron chi connectivity index (χ0n) is 8.98. The summed E-state index contributed by atoms with van der Waals surface area (Å²) in [4.78, 5) is 18.0. The summed E-state index contributed by atoms with van der Waals surface area (Å²) in [5, 5.41) is 4.34. The number of anilines is 1. The molecule has 7 nitrogen and oxygen atoms in total. The summed E-state index contributed by atoms with van der Waals surface area (Å²) in [7, 11) is 2.51. The van der Waals surface area contributed by atoms with E-state index in [9.17, 15) is 9.18 Å². The third-order valence-electron chi connectivity index (χ3n) is 1.54. The minimum absolute atomic E-state index is 0.0326. The molecule has 0 spiro atoms. The maximum Gasteiger partial charge on any atom is 0.413 e. The Balaban J connectivity index is 2.73. The molecule has 1 amide bonds. The maximum atomic E-state index is 13.2. The van der Waals surface area contributed by atoms with E-state index in [0.717, 1.165) is 6.20 Å². The van der Waals surface area contributed by atoms with Crippen LogP contribution < -0.4 is 15.4 Å². The fourth-order valence-corrected chi connectivity index (χ4v) is 0.999. The van der Waals surface area contributed by atoms with Gasteiger partial charge in [-0.15, -0.1) is 0 Å². The second-order valence-corrected chi connectivity index (χ2v) is 3.03. The second-order valence-electron chi connectivity index (χ2n) is 2.62. The zero-order valence-corrected chi connectivity index (χ0v) is 9.80. The van der Waals surface area contributed by atoms with Gasteiger partial charge in [0.15, 0.2) is 16.7 Å². The number of rotatable bonds is 2. The fraction of sp³-hybridized carbons (Fsp3) is 0.250. The molecule has 1 aromatic rings. The number of nitrogens with zero attached hydrogens (tertiary/aromatic N) is 2. The average Bonchev–Trinajstić information content (AvgIpc) is 2.31. The number of nitrogens with one attached hydrogen (secondary N) is 2. The first-order valence-corrected chi connectivity index (χ1v) is 4.70. The Morgan fingerprint density at radius 2 is 2.24 bits per heavy atom. The Morgan fingerprint density at radius 1 is 1.53 bits per heavy atom. The summed E-state index contributed by atoms with van der Waals surface area (Å²) in [6, 6.07) is -0.0326. The van der Waals surface area contributed by atoms with Gasteiger partial charge in [0.05, 0.1) is 20.4 Å². The second kappa shape index (κ2) is 5.89. The highest BCUT2D eigenvalue weighted by Gasteiger charge is 2.10. The van der Waals surface area contributed by atoms with Crippen molar-refractivity contribution >= 4 is 29.2 Å². The number of hydrogen-bond donors (Lipinski definition) is 2. The van der Waals surface area contributed by atoms with Crippen LogP contribution in [0.15, 0.2) is 6.20 Å². The number of thiocarbonyl (C=S) groups is 1. The molecule has 1 rings (SSSR count). The molecule has 0 bridgehead atoms. The molecule has 0 aliphatic heterocycles. The largest absolute Gasteiger partial charge is 0.467 e. The smallest absolute Gasteiger partial charge is 0.413 e. The predicted octanol–water partition coefficient (Wildman–Crippen LogP) is 0.677. The Morgan fingerprint density at radius 3 is 2.82 bits per heavy atom. The molecule has 1 aromatic heterocycles. The van der Waals surface area contributed by atoms with Crippen molar-refractivity contribution in [2.45, 2.75) is 0 Å². The number of methoxy groups -OCH3 is 2. The van der Waals surface area contributed by atoms with Gasteiger partial charge in [-0.3, -0.25) is 5.32 Å². The minimum Gasteiger partial charge on any atom is -0.467 e. The van der Waals surface area contributed by atoms with Crippen molar-refractivity contribution in [1.29, 1.82) is 0 Å². The number of aromatic nitrogens is 2. The predicted molar refractivity (Wildman–Crippen MR) is 60.3 cm³/mol. The van der Waals surface area contributed by atoms with Gasteiger partial charge in [-0.25, -0.2) is 14.2 Å². The molecule has 0 atom stereocenters. The lowest BCUT2D eigenvalue weighted by atomic mass is 10.5. The number of alkyl carbamates (subject to hydrolysis) is 1. The molecule has 92 valence electrons. The summed E-state index contributed by atoms with van der Waals surface area (Å²) in [5.74, 6) is -0.946. The zero-order chi connectivity index (χ0) is 12.8. The van der Waals surface area contributed by atoms with Crippen LogP contribution in [-0.4, -0.2) is 35.4 Å². The van der Waals surface area contributed by atoms with E-state index in [1.54, 1.807) is 0 Å². The summed E-state index contributed by atoms with van der Waals surface area (Å²) in [5.41, 5.74) is 0. The molecule has 0 saturated carbocycles. The van der Waals surface area contributed by atoms with Crippen LogP contribution in [0.1, 0.15) is 0 Å². The van der Waals surface area contributed by atoms with Crippen LogP contribution in [0.2, 0.25) is 0 Å². The van der Waals surface area contributed by atoms with Gasteiger partial charge in [-0.2, -0.15) is 4.98 Å². The molecule has 0 radical (unpaired) electrons. The van der Waals surface area contributed by atoms with Crippen molar-refractivity contribution < 1.29 is 18.7 Å². The molecule has 0 fully saturated rings. The molecule has 2 N–H and O–H groups in total. The lowest BCUT2D eigenvalue weighted by Crippen LogP contribution is -2.34. The van der Waals surface area contributed by atoms with Gasteiger partial charge in [0.2, 0.25) is 0 Å². The summed E-state index contributed by atoms with van der Waals surface area (Å²) >= 11 is 4.73. The van der Waals surface area contributed by atoms with Crippen molar-refractivity contribution in [3.63, 3.8) is 0 Å². The molecule has 0 aliphatic carbocycles. The summed E-state index contributed by atoms with van der Waals surface area (Å²) < 4.78 is 22.3. The molecule has 0 aromatic carbocycles. The van der Waals surface area contributed by atoms with Crippen molar-refractivity contribution in [1.82, 2.24) is 15.3 Å². The van der Waals surface area contributed by atoms with Gasteiger partial charge in [0.1, 0.15) is 0 Å². The first-order chi connectivity index (χ1) is 8.06. The normalized spacial score (nSPS) is 9.35. The monoisotopic (exact) mass is 260 g/mol. The Bertz CT molecular complexity index is 443. The molecule has 9 heteroatoms. The fourth-order valence-electron chi connectivity index (χ4n) is 0.819. The van der Waals surface area contributed by atoms with Crippen LogP contribution in [0.25, 0.3) is 0 Å². The van der Waals surface area contributed by atoms with E-state index < -0.39 is 11.9 Å². The van der Waals surface area contributed by atoms with Crippen LogP contribution in [0, 0.1) is 5.82 Å².